The number of piperidine rings is 1. The Morgan fingerprint density at radius 1 is 1.29 bits per heavy atom. The van der Waals surface area contributed by atoms with E-state index >= 15 is 0 Å². The lowest BCUT2D eigenvalue weighted by molar-refractivity contribution is 0.157. The molecule has 120 valence electrons. The molecule has 2 rings (SSSR count). The molecule has 21 heavy (non-hydrogen) atoms. The normalized spacial score (nSPS) is 22.3. The Labute approximate surface area is 127 Å². The molecule has 1 saturated heterocycles. The number of rotatable bonds is 4. The van der Waals surface area contributed by atoms with Crippen LogP contribution < -0.4 is 10.0 Å². The Kier molecular flexibility index (Phi) is 4.21. The number of hydrogen-bond acceptors (Lipinski definition) is 4. The molecule has 0 amide bonds. The Morgan fingerprint density at radius 3 is 2.33 bits per heavy atom. The average Bonchev–Trinajstić information content (AvgIpc) is 2.72. The molecule has 0 aliphatic carbocycles. The van der Waals surface area contributed by atoms with Gasteiger partial charge in [-0.3, -0.25) is 0 Å². The molecule has 1 aliphatic heterocycles. The van der Waals surface area contributed by atoms with E-state index in [1.807, 2.05) is 6.92 Å². The highest BCUT2D eigenvalue weighted by Gasteiger charge is 2.39. The smallest absolute Gasteiger partial charge is 0.257 e. The Morgan fingerprint density at radius 2 is 1.86 bits per heavy atom. The molecule has 0 unspecified atom stereocenters. The summed E-state index contributed by atoms with van der Waals surface area (Å²) in [4.78, 5) is 6.92. The predicted octanol–water partition coefficient (Wildman–Crippen LogP) is 1.56. The summed E-state index contributed by atoms with van der Waals surface area (Å²) in [6.45, 7) is 10.3. The van der Waals surface area contributed by atoms with E-state index in [4.69, 9.17) is 0 Å². The van der Waals surface area contributed by atoms with Gasteiger partial charge in [0.2, 0.25) is 0 Å². The maximum atomic E-state index is 12.4. The van der Waals surface area contributed by atoms with Crippen molar-refractivity contribution in [2.45, 2.75) is 76.0 Å². The minimum Gasteiger partial charge on any atom is -0.332 e. The van der Waals surface area contributed by atoms with E-state index in [9.17, 15) is 8.42 Å². The third-order valence-corrected chi connectivity index (χ3v) is 5.17. The van der Waals surface area contributed by atoms with Crippen LogP contribution in [-0.4, -0.2) is 35.5 Å². The van der Waals surface area contributed by atoms with Crippen LogP contribution in [0.4, 0.5) is 0 Å². The fourth-order valence-corrected chi connectivity index (χ4v) is 4.52. The summed E-state index contributed by atoms with van der Waals surface area (Å²) in [6, 6.07) is -0.0883. The average molecular weight is 314 g/mol. The minimum absolute atomic E-state index is 0.0883. The van der Waals surface area contributed by atoms with Gasteiger partial charge in [-0.1, -0.05) is 6.92 Å². The van der Waals surface area contributed by atoms with Crippen LogP contribution in [0.3, 0.4) is 0 Å². The summed E-state index contributed by atoms with van der Waals surface area (Å²) in [7, 11) is -3.55. The number of nitrogens with zero attached hydrogens (tertiary/aromatic N) is 1. The van der Waals surface area contributed by atoms with Crippen LogP contribution in [0.25, 0.3) is 0 Å². The molecule has 1 fully saturated rings. The van der Waals surface area contributed by atoms with E-state index in [0.29, 0.717) is 12.2 Å². The second kappa shape index (κ2) is 5.37. The van der Waals surface area contributed by atoms with Crippen molar-refractivity contribution in [3.63, 3.8) is 0 Å². The van der Waals surface area contributed by atoms with Crippen LogP contribution in [0.5, 0.6) is 0 Å². The van der Waals surface area contributed by atoms with Gasteiger partial charge in [-0.25, -0.2) is 18.1 Å². The highest BCUT2D eigenvalue weighted by Crippen LogP contribution is 2.29. The monoisotopic (exact) mass is 314 g/mol. The molecule has 0 saturated carbocycles. The van der Waals surface area contributed by atoms with Crippen LogP contribution >= 0.6 is 0 Å². The Balaban J connectivity index is 2.16. The number of aromatic nitrogens is 2. The van der Waals surface area contributed by atoms with Gasteiger partial charge in [0.1, 0.15) is 5.82 Å². The third-order valence-electron chi connectivity index (χ3n) is 3.74. The lowest BCUT2D eigenvalue weighted by Gasteiger charge is -2.46. The summed E-state index contributed by atoms with van der Waals surface area (Å²) in [5, 5.41) is 3.69. The zero-order valence-corrected chi connectivity index (χ0v) is 14.3. The van der Waals surface area contributed by atoms with E-state index in [-0.39, 0.29) is 22.1 Å². The molecule has 0 bridgehead atoms. The molecule has 0 spiro atoms. The summed E-state index contributed by atoms with van der Waals surface area (Å²) < 4.78 is 27.7. The molecule has 0 aromatic carbocycles. The van der Waals surface area contributed by atoms with Crippen molar-refractivity contribution < 1.29 is 8.42 Å². The quantitative estimate of drug-likeness (QED) is 0.787. The van der Waals surface area contributed by atoms with E-state index in [1.54, 1.807) is 0 Å². The van der Waals surface area contributed by atoms with Crippen molar-refractivity contribution in [3.05, 3.63) is 12.0 Å². The van der Waals surface area contributed by atoms with Gasteiger partial charge in [0.25, 0.3) is 10.0 Å². The summed E-state index contributed by atoms with van der Waals surface area (Å²) in [5.41, 5.74) is -0.199. The first kappa shape index (κ1) is 16.5. The van der Waals surface area contributed by atoms with Crippen molar-refractivity contribution in [1.82, 2.24) is 20.0 Å². The Bertz CT molecular complexity index is 588. The minimum atomic E-state index is -3.55. The molecule has 6 nitrogen and oxygen atoms in total. The summed E-state index contributed by atoms with van der Waals surface area (Å²) in [5.74, 6) is 0.682. The molecular weight excluding hydrogens is 288 g/mol. The first-order valence-corrected chi connectivity index (χ1v) is 8.87. The van der Waals surface area contributed by atoms with Gasteiger partial charge in [-0.15, -0.1) is 0 Å². The highest BCUT2D eigenvalue weighted by atomic mass is 32.2. The van der Waals surface area contributed by atoms with Gasteiger partial charge in [-0.2, -0.15) is 0 Å². The first-order chi connectivity index (χ1) is 9.53. The molecular formula is C14H26N4O2S. The highest BCUT2D eigenvalue weighted by molar-refractivity contribution is 7.89. The van der Waals surface area contributed by atoms with Crippen LogP contribution in [0, 0.1) is 0 Å². The number of nitrogens with one attached hydrogen (secondary N) is 3. The topological polar surface area (TPSA) is 86.9 Å². The number of aryl methyl sites for hydroxylation is 1. The van der Waals surface area contributed by atoms with Gasteiger partial charge < -0.3 is 10.3 Å². The largest absolute Gasteiger partial charge is 0.332 e. The molecule has 7 heteroatoms. The van der Waals surface area contributed by atoms with Crippen LogP contribution in [-0.2, 0) is 16.4 Å². The van der Waals surface area contributed by atoms with Crippen molar-refractivity contribution in [3.8, 4) is 0 Å². The van der Waals surface area contributed by atoms with Crippen molar-refractivity contribution in [1.29, 1.82) is 0 Å². The molecule has 2 heterocycles. The van der Waals surface area contributed by atoms with Crippen molar-refractivity contribution in [2.24, 2.45) is 0 Å². The van der Waals surface area contributed by atoms with E-state index < -0.39 is 10.0 Å². The molecule has 1 aromatic heterocycles. The van der Waals surface area contributed by atoms with E-state index in [1.165, 1.54) is 6.20 Å². The SMILES string of the molecule is CCc1ncc(S(=O)(=O)NC2CC(C)(C)NC(C)(C)C2)[nH]1. The summed E-state index contributed by atoms with van der Waals surface area (Å²) >= 11 is 0. The first-order valence-electron chi connectivity index (χ1n) is 7.39. The maximum Gasteiger partial charge on any atom is 0.257 e. The van der Waals surface area contributed by atoms with Crippen LogP contribution in [0.15, 0.2) is 11.2 Å². The molecule has 3 N–H and O–H groups in total. The van der Waals surface area contributed by atoms with Gasteiger partial charge in [-0.05, 0) is 40.5 Å². The number of imidazole rings is 1. The fourth-order valence-electron chi connectivity index (χ4n) is 3.35. The van der Waals surface area contributed by atoms with E-state index in [0.717, 1.165) is 12.8 Å². The standard InChI is InChI=1S/C14H26N4O2S/c1-6-11-15-9-12(16-11)21(19,20)17-10-7-13(2,3)18-14(4,5)8-10/h9-10,17-18H,6-8H2,1-5H3,(H,15,16). The summed E-state index contributed by atoms with van der Waals surface area (Å²) in [6.07, 6.45) is 3.58. The van der Waals surface area contributed by atoms with Gasteiger partial charge in [0, 0.05) is 23.5 Å². The fraction of sp³-hybridized carbons (Fsp3) is 0.786. The number of aromatic amines is 1. The maximum absolute atomic E-state index is 12.4. The number of H-pyrrole nitrogens is 1. The lowest BCUT2D eigenvalue weighted by Crippen LogP contribution is -2.62. The van der Waals surface area contributed by atoms with Crippen molar-refractivity contribution >= 4 is 10.0 Å². The second-order valence-corrected chi connectivity index (χ2v) is 8.85. The second-order valence-electron chi connectivity index (χ2n) is 7.17. The van der Waals surface area contributed by atoms with Gasteiger partial charge in [0.15, 0.2) is 5.03 Å². The molecule has 0 radical (unpaired) electrons. The molecule has 1 aliphatic rings. The molecule has 0 atom stereocenters. The lowest BCUT2D eigenvalue weighted by atomic mass is 9.80. The van der Waals surface area contributed by atoms with Gasteiger partial charge >= 0.3 is 0 Å². The number of hydrogen-bond donors (Lipinski definition) is 3. The van der Waals surface area contributed by atoms with E-state index in [2.05, 4.69) is 47.7 Å². The molecule has 1 aromatic rings. The zero-order chi connectivity index (χ0) is 15.9. The van der Waals surface area contributed by atoms with Crippen LogP contribution in [0.2, 0.25) is 0 Å². The zero-order valence-electron chi connectivity index (χ0n) is 13.4. The Hall–Kier alpha value is -0.920. The number of sulfonamides is 1. The van der Waals surface area contributed by atoms with Gasteiger partial charge in [0.05, 0.1) is 6.20 Å². The third kappa shape index (κ3) is 4.05. The predicted molar refractivity (Wildman–Crippen MR) is 82.6 cm³/mol. The van der Waals surface area contributed by atoms with Crippen molar-refractivity contribution in [2.75, 3.05) is 0 Å². The van der Waals surface area contributed by atoms with Crippen LogP contribution in [0.1, 0.15) is 53.3 Å².